The summed E-state index contributed by atoms with van der Waals surface area (Å²) >= 11 is 1.79. The minimum Gasteiger partial charge on any atom is -0.311 e. The molecule has 1 saturated heterocycles. The highest BCUT2D eigenvalue weighted by Crippen LogP contribution is 2.12. The Balaban J connectivity index is 1.79. The fourth-order valence-corrected chi connectivity index (χ4v) is 3.03. The van der Waals surface area contributed by atoms with Crippen LogP contribution in [0.1, 0.15) is 24.5 Å². The molecule has 0 aromatic carbocycles. The van der Waals surface area contributed by atoms with Gasteiger partial charge in [0.1, 0.15) is 0 Å². The van der Waals surface area contributed by atoms with Crippen LogP contribution in [0.3, 0.4) is 0 Å². The molecule has 2 rings (SSSR count). The van der Waals surface area contributed by atoms with Gasteiger partial charge in [-0.05, 0) is 12.8 Å². The summed E-state index contributed by atoms with van der Waals surface area (Å²) in [6.45, 7) is 11.3. The first kappa shape index (κ1) is 13.0. The maximum Gasteiger partial charge on any atom is 0.0940 e. The number of thiazole rings is 1. The average molecular weight is 253 g/mol. The molecule has 17 heavy (non-hydrogen) atoms. The lowest BCUT2D eigenvalue weighted by Gasteiger charge is -2.35. The molecule has 1 fully saturated rings. The van der Waals surface area contributed by atoms with Crippen molar-refractivity contribution in [2.24, 2.45) is 5.92 Å². The highest BCUT2D eigenvalue weighted by atomic mass is 32.1. The van der Waals surface area contributed by atoms with Crippen molar-refractivity contribution in [1.29, 1.82) is 0 Å². The molecule has 0 aliphatic carbocycles. The van der Waals surface area contributed by atoms with E-state index in [9.17, 15) is 0 Å². The lowest BCUT2D eigenvalue weighted by atomic mass is 10.0. The second-order valence-corrected chi connectivity index (χ2v) is 6.18. The molecule has 1 aromatic heterocycles. The fourth-order valence-electron chi connectivity index (χ4n) is 2.26. The van der Waals surface area contributed by atoms with Gasteiger partial charge >= 0.3 is 0 Å². The number of hydrogen-bond acceptors (Lipinski definition) is 4. The normalized spacial score (nSPS) is 22.2. The molecule has 0 saturated carbocycles. The topological polar surface area (TPSA) is 28.2 Å². The number of rotatable bonds is 4. The Labute approximate surface area is 108 Å². The van der Waals surface area contributed by atoms with E-state index in [1.165, 1.54) is 18.1 Å². The first-order chi connectivity index (χ1) is 8.15. The van der Waals surface area contributed by atoms with Gasteiger partial charge in [0, 0.05) is 49.7 Å². The van der Waals surface area contributed by atoms with Crippen LogP contribution in [0.2, 0.25) is 0 Å². The molecule has 96 valence electrons. The number of nitrogens with zero attached hydrogens (tertiary/aromatic N) is 2. The summed E-state index contributed by atoms with van der Waals surface area (Å²) in [6, 6.07) is 0.654. The Morgan fingerprint density at radius 3 is 3.06 bits per heavy atom. The summed E-state index contributed by atoms with van der Waals surface area (Å²) in [7, 11) is 0. The van der Waals surface area contributed by atoms with Gasteiger partial charge in [0.25, 0.3) is 0 Å². The number of aromatic nitrogens is 1. The minimum absolute atomic E-state index is 0.654. The van der Waals surface area contributed by atoms with E-state index < -0.39 is 0 Å². The van der Waals surface area contributed by atoms with Crippen LogP contribution >= 0.6 is 11.3 Å². The highest BCUT2D eigenvalue weighted by Gasteiger charge is 2.21. The third-order valence-electron chi connectivity index (χ3n) is 3.40. The molecule has 3 nitrogen and oxygen atoms in total. The molecule has 1 aliphatic rings. The van der Waals surface area contributed by atoms with Gasteiger partial charge in [-0.2, -0.15) is 0 Å². The second-order valence-electron chi connectivity index (χ2n) is 5.24. The van der Waals surface area contributed by atoms with E-state index >= 15 is 0 Å². The van der Waals surface area contributed by atoms with E-state index in [2.05, 4.69) is 41.4 Å². The molecule has 1 atom stereocenters. The van der Waals surface area contributed by atoms with Crippen LogP contribution in [0.5, 0.6) is 0 Å². The number of aryl methyl sites for hydroxylation is 1. The first-order valence-electron chi connectivity index (χ1n) is 6.52. The molecular formula is C13H23N3S. The van der Waals surface area contributed by atoms with Crippen molar-refractivity contribution in [1.82, 2.24) is 15.2 Å². The van der Waals surface area contributed by atoms with Crippen molar-refractivity contribution >= 4 is 11.3 Å². The summed E-state index contributed by atoms with van der Waals surface area (Å²) < 4.78 is 0. The summed E-state index contributed by atoms with van der Waals surface area (Å²) in [5, 5.41) is 7.02. The predicted octanol–water partition coefficient (Wildman–Crippen LogP) is 1.92. The Kier molecular flexibility index (Phi) is 4.54. The van der Waals surface area contributed by atoms with E-state index in [4.69, 9.17) is 0 Å². The summed E-state index contributed by atoms with van der Waals surface area (Å²) in [6.07, 6.45) is 1.10. The van der Waals surface area contributed by atoms with Gasteiger partial charge in [-0.25, -0.2) is 4.98 Å². The first-order valence-corrected chi connectivity index (χ1v) is 7.40. The van der Waals surface area contributed by atoms with Crippen LogP contribution in [-0.2, 0) is 6.42 Å². The van der Waals surface area contributed by atoms with Crippen molar-refractivity contribution in [3.8, 4) is 0 Å². The van der Waals surface area contributed by atoms with Crippen molar-refractivity contribution in [2.75, 3.05) is 26.2 Å². The molecule has 1 N–H and O–H groups in total. The fraction of sp³-hybridized carbons (Fsp3) is 0.769. The maximum absolute atomic E-state index is 4.53. The number of nitrogens with one attached hydrogen (secondary N) is 1. The zero-order chi connectivity index (χ0) is 12.3. The van der Waals surface area contributed by atoms with Gasteiger partial charge < -0.3 is 10.2 Å². The van der Waals surface area contributed by atoms with Gasteiger partial charge in [0.15, 0.2) is 0 Å². The largest absolute Gasteiger partial charge is 0.311 e. The zero-order valence-electron chi connectivity index (χ0n) is 11.1. The maximum atomic E-state index is 4.53. The quantitative estimate of drug-likeness (QED) is 0.888. The second kappa shape index (κ2) is 5.94. The predicted molar refractivity (Wildman–Crippen MR) is 73.6 cm³/mol. The standard InChI is InChI=1S/C13H23N3S/c1-10(2)12-8-16(7-5-14-12)6-4-13-15-11(3)9-17-13/h9-10,12,14H,4-8H2,1-3H3. The summed E-state index contributed by atoms with van der Waals surface area (Å²) in [4.78, 5) is 7.09. The third-order valence-corrected chi connectivity index (χ3v) is 4.43. The van der Waals surface area contributed by atoms with Crippen molar-refractivity contribution < 1.29 is 0 Å². The molecular weight excluding hydrogens is 230 g/mol. The highest BCUT2D eigenvalue weighted by molar-refractivity contribution is 7.09. The van der Waals surface area contributed by atoms with Crippen LogP contribution in [0.25, 0.3) is 0 Å². The number of piperazine rings is 1. The van der Waals surface area contributed by atoms with E-state index in [-0.39, 0.29) is 0 Å². The third kappa shape index (κ3) is 3.76. The molecule has 0 radical (unpaired) electrons. The number of hydrogen-bond donors (Lipinski definition) is 1. The van der Waals surface area contributed by atoms with Gasteiger partial charge in [0.05, 0.1) is 5.01 Å². The Hall–Kier alpha value is -0.450. The van der Waals surface area contributed by atoms with E-state index in [1.807, 2.05) is 0 Å². The van der Waals surface area contributed by atoms with Crippen LogP contribution in [0.4, 0.5) is 0 Å². The summed E-state index contributed by atoms with van der Waals surface area (Å²) in [5.74, 6) is 0.722. The monoisotopic (exact) mass is 253 g/mol. The molecule has 1 aromatic rings. The van der Waals surface area contributed by atoms with Crippen LogP contribution in [0.15, 0.2) is 5.38 Å². The van der Waals surface area contributed by atoms with Gasteiger partial charge in [-0.15, -0.1) is 11.3 Å². The Bertz CT molecular complexity index is 348. The molecule has 0 amide bonds. The molecule has 1 aliphatic heterocycles. The molecule has 0 spiro atoms. The lowest BCUT2D eigenvalue weighted by Crippen LogP contribution is -2.53. The molecule has 4 heteroatoms. The molecule has 1 unspecified atom stereocenters. The Morgan fingerprint density at radius 2 is 2.41 bits per heavy atom. The van der Waals surface area contributed by atoms with E-state index in [1.54, 1.807) is 11.3 Å². The van der Waals surface area contributed by atoms with E-state index in [0.717, 1.165) is 31.1 Å². The van der Waals surface area contributed by atoms with Gasteiger partial charge in [0.2, 0.25) is 0 Å². The lowest BCUT2D eigenvalue weighted by molar-refractivity contribution is 0.177. The van der Waals surface area contributed by atoms with Crippen LogP contribution < -0.4 is 5.32 Å². The van der Waals surface area contributed by atoms with Gasteiger partial charge in [-0.1, -0.05) is 13.8 Å². The van der Waals surface area contributed by atoms with Gasteiger partial charge in [-0.3, -0.25) is 0 Å². The smallest absolute Gasteiger partial charge is 0.0940 e. The van der Waals surface area contributed by atoms with E-state index in [0.29, 0.717) is 6.04 Å². The van der Waals surface area contributed by atoms with Crippen molar-refractivity contribution in [2.45, 2.75) is 33.2 Å². The van der Waals surface area contributed by atoms with Crippen molar-refractivity contribution in [3.05, 3.63) is 16.1 Å². The minimum atomic E-state index is 0.654. The zero-order valence-corrected chi connectivity index (χ0v) is 11.9. The summed E-state index contributed by atoms with van der Waals surface area (Å²) in [5.41, 5.74) is 1.16. The molecule has 2 heterocycles. The SMILES string of the molecule is Cc1csc(CCN2CCNC(C(C)C)C2)n1. The average Bonchev–Trinajstić information content (AvgIpc) is 2.73. The van der Waals surface area contributed by atoms with Crippen LogP contribution in [0, 0.1) is 12.8 Å². The Morgan fingerprint density at radius 1 is 1.59 bits per heavy atom. The molecule has 0 bridgehead atoms. The van der Waals surface area contributed by atoms with Crippen LogP contribution in [-0.4, -0.2) is 42.1 Å². The van der Waals surface area contributed by atoms with Crippen molar-refractivity contribution in [3.63, 3.8) is 0 Å².